The number of nitrogens with one attached hydrogen (secondary N) is 1. The zero-order valence-electron chi connectivity index (χ0n) is 22.1. The molecule has 3 aromatic heterocycles. The SMILES string of the molecule is CC(=O)C(=O)N1CCCN(Cc2ccn3ncnc(Nc4ccc5c(cnn5Cc5cccc(F)c5)c4)c23)CC1. The third kappa shape index (κ3) is 5.28. The maximum absolute atomic E-state index is 13.6. The maximum Gasteiger partial charge on any atom is 0.289 e. The largest absolute Gasteiger partial charge is 0.338 e. The number of nitrogens with zero attached hydrogens (tertiary/aromatic N) is 7. The summed E-state index contributed by atoms with van der Waals surface area (Å²) in [6.45, 7) is 5.09. The van der Waals surface area contributed by atoms with E-state index in [1.807, 2.05) is 45.7 Å². The lowest BCUT2D eigenvalue weighted by Crippen LogP contribution is -2.38. The van der Waals surface area contributed by atoms with Gasteiger partial charge < -0.3 is 10.2 Å². The second-order valence-corrected chi connectivity index (χ2v) is 10.1. The minimum Gasteiger partial charge on any atom is -0.338 e. The molecule has 0 spiro atoms. The summed E-state index contributed by atoms with van der Waals surface area (Å²) in [7, 11) is 0. The number of hydrogen-bond donors (Lipinski definition) is 1. The average Bonchev–Trinajstić information content (AvgIpc) is 3.45. The molecule has 0 atom stereocenters. The van der Waals surface area contributed by atoms with Crippen molar-refractivity contribution < 1.29 is 14.0 Å². The van der Waals surface area contributed by atoms with Crippen LogP contribution < -0.4 is 5.32 Å². The molecule has 1 aliphatic rings. The van der Waals surface area contributed by atoms with Crippen molar-refractivity contribution in [3.8, 4) is 0 Å². The highest BCUT2D eigenvalue weighted by Gasteiger charge is 2.23. The van der Waals surface area contributed by atoms with Crippen LogP contribution in [0.5, 0.6) is 0 Å². The number of fused-ring (bicyclic) bond motifs is 2. The molecular weight excluding hydrogens is 511 g/mol. The Kier molecular flexibility index (Phi) is 6.95. The van der Waals surface area contributed by atoms with E-state index in [1.54, 1.807) is 17.2 Å². The number of aromatic nitrogens is 5. The number of Topliss-reactive ketones (excluding diaryl/α,β-unsaturated/α-hetero) is 1. The standard InChI is InChI=1S/C29H29FN8O2/c1-20(39)29(40)36-10-3-9-35(12-13-36)18-22-8-11-37-27(22)28(31-19-33-37)34-25-6-7-26-23(15-25)16-32-38(26)17-21-4-2-5-24(30)14-21/h2,4-8,11,14-16,19H,3,9-10,12-13,17-18H2,1H3,(H,31,33,34). The van der Waals surface area contributed by atoms with Crippen LogP contribution >= 0.6 is 0 Å². The van der Waals surface area contributed by atoms with Gasteiger partial charge in [0.25, 0.3) is 5.91 Å². The predicted molar refractivity (Wildman–Crippen MR) is 149 cm³/mol. The molecule has 0 unspecified atom stereocenters. The molecule has 1 N–H and O–H groups in total. The van der Waals surface area contributed by atoms with Crippen molar-refractivity contribution >= 4 is 39.6 Å². The normalized spacial score (nSPS) is 14.5. The van der Waals surface area contributed by atoms with Crippen molar-refractivity contribution in [1.82, 2.24) is 34.2 Å². The number of ketones is 1. The lowest BCUT2D eigenvalue weighted by atomic mass is 10.2. The number of amides is 1. The van der Waals surface area contributed by atoms with Crippen LogP contribution in [-0.2, 0) is 22.7 Å². The fraction of sp³-hybridized carbons (Fsp3) is 0.276. The quantitative estimate of drug-likeness (QED) is 0.315. The van der Waals surface area contributed by atoms with E-state index in [-0.39, 0.29) is 5.82 Å². The highest BCUT2D eigenvalue weighted by atomic mass is 19.1. The molecule has 6 rings (SSSR count). The molecule has 2 aromatic carbocycles. The Hall–Kier alpha value is -4.64. The zero-order valence-corrected chi connectivity index (χ0v) is 22.1. The molecule has 10 nitrogen and oxygen atoms in total. The number of anilines is 2. The third-order valence-corrected chi connectivity index (χ3v) is 7.23. The molecule has 0 saturated carbocycles. The lowest BCUT2D eigenvalue weighted by molar-refractivity contribution is -0.143. The van der Waals surface area contributed by atoms with Gasteiger partial charge in [-0.05, 0) is 53.9 Å². The van der Waals surface area contributed by atoms with E-state index in [0.29, 0.717) is 38.5 Å². The van der Waals surface area contributed by atoms with Gasteiger partial charge in [-0.25, -0.2) is 13.9 Å². The molecule has 0 radical (unpaired) electrons. The first-order chi connectivity index (χ1) is 19.4. The third-order valence-electron chi connectivity index (χ3n) is 7.23. The van der Waals surface area contributed by atoms with Crippen LogP contribution in [0, 0.1) is 5.82 Å². The summed E-state index contributed by atoms with van der Waals surface area (Å²) < 4.78 is 17.3. The van der Waals surface area contributed by atoms with E-state index in [0.717, 1.165) is 46.2 Å². The van der Waals surface area contributed by atoms with Crippen LogP contribution in [0.2, 0.25) is 0 Å². The van der Waals surface area contributed by atoms with Crippen LogP contribution in [0.1, 0.15) is 24.5 Å². The summed E-state index contributed by atoms with van der Waals surface area (Å²) in [5.41, 5.74) is 4.60. The van der Waals surface area contributed by atoms with Gasteiger partial charge in [-0.15, -0.1) is 0 Å². The zero-order chi connectivity index (χ0) is 27.6. The number of halogens is 1. The molecule has 1 saturated heterocycles. The van der Waals surface area contributed by atoms with E-state index < -0.39 is 11.7 Å². The fourth-order valence-corrected chi connectivity index (χ4v) is 5.27. The predicted octanol–water partition coefficient (Wildman–Crippen LogP) is 3.63. The second kappa shape index (κ2) is 10.9. The van der Waals surface area contributed by atoms with Crippen molar-refractivity contribution in [2.24, 2.45) is 0 Å². The molecule has 5 aromatic rings. The van der Waals surface area contributed by atoms with Crippen LogP contribution in [0.15, 0.2) is 67.3 Å². The Morgan fingerprint density at radius 2 is 1.90 bits per heavy atom. The van der Waals surface area contributed by atoms with Gasteiger partial charge in [-0.2, -0.15) is 10.2 Å². The molecule has 11 heteroatoms. The molecular formula is C29H29FN8O2. The first kappa shape index (κ1) is 25.6. The van der Waals surface area contributed by atoms with Gasteiger partial charge in [0.1, 0.15) is 17.7 Å². The van der Waals surface area contributed by atoms with Gasteiger partial charge in [0.15, 0.2) is 5.82 Å². The lowest BCUT2D eigenvalue weighted by Gasteiger charge is -2.21. The van der Waals surface area contributed by atoms with Crippen molar-refractivity contribution in [2.45, 2.75) is 26.4 Å². The minimum atomic E-state index is -0.420. The van der Waals surface area contributed by atoms with Gasteiger partial charge in [0.05, 0.1) is 18.3 Å². The molecule has 1 aliphatic heterocycles. The molecule has 1 fully saturated rings. The Bertz CT molecular complexity index is 1710. The van der Waals surface area contributed by atoms with Crippen LogP contribution in [0.25, 0.3) is 16.4 Å². The number of carbonyl (C=O) groups excluding carboxylic acids is 2. The Morgan fingerprint density at radius 1 is 1.00 bits per heavy atom. The first-order valence-corrected chi connectivity index (χ1v) is 13.2. The number of carbonyl (C=O) groups is 2. The number of rotatable bonds is 7. The van der Waals surface area contributed by atoms with E-state index >= 15 is 0 Å². The summed E-state index contributed by atoms with van der Waals surface area (Å²) in [5.74, 6) is -0.406. The van der Waals surface area contributed by atoms with Crippen LogP contribution in [0.3, 0.4) is 0 Å². The van der Waals surface area contributed by atoms with Crippen LogP contribution in [-0.4, -0.2) is 72.0 Å². The monoisotopic (exact) mass is 540 g/mol. The minimum absolute atomic E-state index is 0.262. The Morgan fingerprint density at radius 3 is 2.75 bits per heavy atom. The van der Waals surface area contributed by atoms with Gasteiger partial charge in [0.2, 0.25) is 5.78 Å². The number of hydrogen-bond acceptors (Lipinski definition) is 7. The van der Waals surface area contributed by atoms with E-state index in [1.165, 1.54) is 25.4 Å². The van der Waals surface area contributed by atoms with Crippen molar-refractivity contribution in [1.29, 1.82) is 0 Å². The average molecular weight is 541 g/mol. The summed E-state index contributed by atoms with van der Waals surface area (Å²) in [4.78, 5) is 32.2. The van der Waals surface area contributed by atoms with Crippen LogP contribution in [0.4, 0.5) is 15.9 Å². The van der Waals surface area contributed by atoms with E-state index in [4.69, 9.17) is 0 Å². The summed E-state index contributed by atoms with van der Waals surface area (Å²) in [6.07, 6.45) is 6.04. The summed E-state index contributed by atoms with van der Waals surface area (Å²) in [5, 5.41) is 13.3. The van der Waals surface area contributed by atoms with Crippen molar-refractivity contribution in [3.63, 3.8) is 0 Å². The van der Waals surface area contributed by atoms with Crippen molar-refractivity contribution in [2.75, 3.05) is 31.5 Å². The topological polar surface area (TPSA) is 101 Å². The summed E-state index contributed by atoms with van der Waals surface area (Å²) in [6, 6.07) is 14.6. The molecule has 204 valence electrons. The molecule has 0 aliphatic carbocycles. The fourth-order valence-electron chi connectivity index (χ4n) is 5.27. The van der Waals surface area contributed by atoms with Crippen molar-refractivity contribution in [3.05, 3.63) is 84.2 Å². The Balaban J connectivity index is 1.20. The van der Waals surface area contributed by atoms with E-state index in [9.17, 15) is 14.0 Å². The highest BCUT2D eigenvalue weighted by molar-refractivity contribution is 6.35. The van der Waals surface area contributed by atoms with Gasteiger partial charge >= 0.3 is 0 Å². The maximum atomic E-state index is 13.6. The van der Waals surface area contributed by atoms with Gasteiger partial charge in [-0.3, -0.25) is 19.2 Å². The second-order valence-electron chi connectivity index (χ2n) is 10.1. The highest BCUT2D eigenvalue weighted by Crippen LogP contribution is 2.27. The summed E-state index contributed by atoms with van der Waals surface area (Å²) >= 11 is 0. The molecule has 1 amide bonds. The van der Waals surface area contributed by atoms with Gasteiger partial charge in [-0.1, -0.05) is 12.1 Å². The molecule has 0 bridgehead atoms. The van der Waals surface area contributed by atoms with E-state index in [2.05, 4.69) is 25.4 Å². The molecule has 4 heterocycles. The first-order valence-electron chi connectivity index (χ1n) is 13.2. The molecule has 40 heavy (non-hydrogen) atoms. The Labute approximate surface area is 230 Å². The van der Waals surface area contributed by atoms with Gasteiger partial charge in [0, 0.05) is 56.9 Å². The number of benzene rings is 2. The smallest absolute Gasteiger partial charge is 0.289 e.